The topological polar surface area (TPSA) is 63.2 Å². The summed E-state index contributed by atoms with van der Waals surface area (Å²) in [4.78, 5) is 17.8. The van der Waals surface area contributed by atoms with E-state index in [2.05, 4.69) is 15.6 Å². The Morgan fingerprint density at radius 1 is 1.43 bits per heavy atom. The third kappa shape index (κ3) is 3.82. The van der Waals surface area contributed by atoms with Crippen LogP contribution in [0.5, 0.6) is 5.75 Å². The second kappa shape index (κ2) is 7.00. The van der Waals surface area contributed by atoms with Crippen molar-refractivity contribution in [2.24, 2.45) is 0 Å². The highest BCUT2D eigenvalue weighted by atomic mass is 32.1. The zero-order valence-electron chi connectivity index (χ0n) is 13.3. The Kier molecular flexibility index (Phi) is 4.81. The van der Waals surface area contributed by atoms with Crippen LogP contribution in [0.4, 0.5) is 4.79 Å². The molecule has 2 aromatic rings. The van der Waals surface area contributed by atoms with E-state index in [-0.39, 0.29) is 18.1 Å². The minimum atomic E-state index is -0.174. The first-order valence-corrected chi connectivity index (χ1v) is 8.66. The van der Waals surface area contributed by atoms with Gasteiger partial charge in [-0.05, 0) is 32.8 Å². The predicted octanol–water partition coefficient (Wildman–Crippen LogP) is 3.73. The lowest BCUT2D eigenvalue weighted by Gasteiger charge is -2.20. The van der Waals surface area contributed by atoms with Crippen molar-refractivity contribution in [3.8, 4) is 5.75 Å². The van der Waals surface area contributed by atoms with E-state index in [0.29, 0.717) is 6.61 Å². The van der Waals surface area contributed by atoms with E-state index < -0.39 is 0 Å². The molecule has 2 heterocycles. The summed E-state index contributed by atoms with van der Waals surface area (Å²) in [6.07, 6.45) is 3.62. The van der Waals surface area contributed by atoms with Gasteiger partial charge in [-0.2, -0.15) is 0 Å². The molecule has 0 saturated carbocycles. The fourth-order valence-electron chi connectivity index (χ4n) is 2.71. The molecule has 0 saturated heterocycles. The molecule has 2 N–H and O–H groups in total. The van der Waals surface area contributed by atoms with Crippen LogP contribution in [0.2, 0.25) is 0 Å². The van der Waals surface area contributed by atoms with Gasteiger partial charge in [0.05, 0.1) is 18.7 Å². The third-order valence-electron chi connectivity index (χ3n) is 3.85. The molecule has 0 radical (unpaired) electrons. The number of thiazole rings is 1. The van der Waals surface area contributed by atoms with Crippen LogP contribution in [0.25, 0.3) is 0 Å². The molecule has 2 amide bonds. The summed E-state index contributed by atoms with van der Waals surface area (Å²) in [7, 11) is 0. The van der Waals surface area contributed by atoms with Gasteiger partial charge in [0.25, 0.3) is 0 Å². The number of aryl methyl sites for hydroxylation is 1. The molecule has 1 aromatic heterocycles. The zero-order chi connectivity index (χ0) is 16.2. The van der Waals surface area contributed by atoms with Gasteiger partial charge in [-0.3, -0.25) is 0 Å². The van der Waals surface area contributed by atoms with E-state index in [1.165, 1.54) is 0 Å². The minimum absolute atomic E-state index is 0.0288. The van der Waals surface area contributed by atoms with Crippen molar-refractivity contribution in [1.29, 1.82) is 0 Å². The van der Waals surface area contributed by atoms with E-state index in [1.54, 1.807) is 11.3 Å². The van der Waals surface area contributed by atoms with Crippen LogP contribution < -0.4 is 15.4 Å². The number of rotatable bonds is 3. The lowest BCUT2D eigenvalue weighted by molar-refractivity contribution is 0.233. The average Bonchev–Trinajstić information content (AvgIpc) is 2.87. The van der Waals surface area contributed by atoms with E-state index in [1.807, 2.05) is 44.3 Å². The molecule has 122 valence electrons. The van der Waals surface area contributed by atoms with Gasteiger partial charge >= 0.3 is 6.03 Å². The van der Waals surface area contributed by atoms with Crippen LogP contribution in [0.15, 0.2) is 30.5 Å². The number of urea groups is 1. The fourth-order valence-corrected chi connectivity index (χ4v) is 3.48. The number of benzene rings is 1. The summed E-state index contributed by atoms with van der Waals surface area (Å²) >= 11 is 1.60. The molecule has 23 heavy (non-hydrogen) atoms. The number of carbonyl (C=O) groups is 1. The first kappa shape index (κ1) is 15.8. The summed E-state index contributed by atoms with van der Waals surface area (Å²) in [5.74, 6) is 0.860. The second-order valence-electron chi connectivity index (χ2n) is 5.73. The number of hydrogen-bond acceptors (Lipinski definition) is 4. The van der Waals surface area contributed by atoms with Gasteiger partial charge in [-0.1, -0.05) is 18.2 Å². The molecular weight excluding hydrogens is 310 g/mol. The summed E-state index contributed by atoms with van der Waals surface area (Å²) < 4.78 is 5.73. The number of nitrogens with one attached hydrogen (secondary N) is 2. The van der Waals surface area contributed by atoms with Gasteiger partial charge in [0, 0.05) is 16.6 Å². The molecule has 2 atom stereocenters. The molecule has 3 rings (SSSR count). The first-order chi connectivity index (χ1) is 11.1. The van der Waals surface area contributed by atoms with Crippen LogP contribution in [0.1, 0.15) is 47.3 Å². The van der Waals surface area contributed by atoms with Gasteiger partial charge in [-0.15, -0.1) is 11.3 Å². The molecule has 1 aliphatic rings. The number of aromatic nitrogens is 1. The van der Waals surface area contributed by atoms with Gasteiger partial charge in [-0.25, -0.2) is 9.78 Å². The normalized spacial score (nSPS) is 18.3. The number of hydrogen-bond donors (Lipinski definition) is 2. The first-order valence-electron chi connectivity index (χ1n) is 7.84. The van der Waals surface area contributed by atoms with E-state index >= 15 is 0 Å². The number of amides is 2. The van der Waals surface area contributed by atoms with Crippen LogP contribution in [-0.4, -0.2) is 17.6 Å². The molecule has 0 bridgehead atoms. The Bertz CT molecular complexity index is 686. The number of fused-ring (bicyclic) bond motifs is 1. The van der Waals surface area contributed by atoms with Crippen molar-refractivity contribution in [2.45, 2.75) is 38.8 Å². The van der Waals surface area contributed by atoms with Crippen LogP contribution in [-0.2, 0) is 0 Å². The lowest BCUT2D eigenvalue weighted by Crippen LogP contribution is -2.39. The Hall–Kier alpha value is -2.08. The number of para-hydroxylation sites is 1. The van der Waals surface area contributed by atoms with Crippen LogP contribution in [0, 0.1) is 6.92 Å². The molecule has 0 fully saturated rings. The third-order valence-corrected chi connectivity index (χ3v) is 4.95. The lowest BCUT2D eigenvalue weighted by atomic mass is 10.0. The van der Waals surface area contributed by atoms with E-state index in [0.717, 1.165) is 34.0 Å². The van der Waals surface area contributed by atoms with Crippen LogP contribution in [0.3, 0.4) is 0 Å². The SMILES string of the molecule is Cc1cnc(C(C)NC(=O)NC2CCCOc3ccccc32)s1. The summed E-state index contributed by atoms with van der Waals surface area (Å²) in [5.41, 5.74) is 1.04. The monoisotopic (exact) mass is 331 g/mol. The summed E-state index contributed by atoms with van der Waals surface area (Å²) in [6.45, 7) is 4.64. The molecular formula is C17H21N3O2S. The highest BCUT2D eigenvalue weighted by Crippen LogP contribution is 2.31. The molecule has 6 heteroatoms. The molecule has 5 nitrogen and oxygen atoms in total. The van der Waals surface area contributed by atoms with Crippen molar-refractivity contribution in [1.82, 2.24) is 15.6 Å². The number of ether oxygens (including phenoxy) is 1. The van der Waals surface area contributed by atoms with Crippen molar-refractivity contribution < 1.29 is 9.53 Å². The Morgan fingerprint density at radius 2 is 2.26 bits per heavy atom. The van der Waals surface area contributed by atoms with E-state index in [4.69, 9.17) is 4.74 Å². The molecule has 1 aliphatic heterocycles. The maximum atomic E-state index is 12.3. The molecule has 2 unspecified atom stereocenters. The Morgan fingerprint density at radius 3 is 3.04 bits per heavy atom. The zero-order valence-corrected chi connectivity index (χ0v) is 14.2. The predicted molar refractivity (Wildman–Crippen MR) is 90.8 cm³/mol. The van der Waals surface area contributed by atoms with Crippen molar-refractivity contribution in [2.75, 3.05) is 6.61 Å². The average molecular weight is 331 g/mol. The Balaban J connectivity index is 1.65. The maximum absolute atomic E-state index is 12.3. The van der Waals surface area contributed by atoms with Crippen LogP contribution >= 0.6 is 11.3 Å². The van der Waals surface area contributed by atoms with Gasteiger partial charge in [0.1, 0.15) is 10.8 Å². The second-order valence-corrected chi connectivity index (χ2v) is 7.00. The Labute approximate surface area is 140 Å². The van der Waals surface area contributed by atoms with Crippen molar-refractivity contribution >= 4 is 17.4 Å². The molecule has 0 spiro atoms. The van der Waals surface area contributed by atoms with Gasteiger partial charge < -0.3 is 15.4 Å². The number of carbonyl (C=O) groups excluding carboxylic acids is 1. The van der Waals surface area contributed by atoms with Gasteiger partial charge in [0.2, 0.25) is 0 Å². The fraction of sp³-hybridized carbons (Fsp3) is 0.412. The van der Waals surface area contributed by atoms with Gasteiger partial charge in [0.15, 0.2) is 0 Å². The van der Waals surface area contributed by atoms with Crippen molar-refractivity contribution in [3.63, 3.8) is 0 Å². The summed E-state index contributed by atoms with van der Waals surface area (Å²) in [6, 6.07) is 7.58. The largest absolute Gasteiger partial charge is 0.493 e. The van der Waals surface area contributed by atoms with E-state index in [9.17, 15) is 4.79 Å². The smallest absolute Gasteiger partial charge is 0.315 e. The standard InChI is InChI=1S/C17H21N3O2S/c1-11-10-18-16(23-11)12(2)19-17(21)20-14-7-5-9-22-15-8-4-3-6-13(14)15/h3-4,6,8,10,12,14H,5,7,9H2,1-2H3,(H2,19,20,21). The molecule has 1 aromatic carbocycles. The highest BCUT2D eigenvalue weighted by Gasteiger charge is 2.22. The maximum Gasteiger partial charge on any atom is 0.315 e. The quantitative estimate of drug-likeness (QED) is 0.901. The number of nitrogens with zero attached hydrogens (tertiary/aromatic N) is 1. The minimum Gasteiger partial charge on any atom is -0.493 e. The highest BCUT2D eigenvalue weighted by molar-refractivity contribution is 7.11. The van der Waals surface area contributed by atoms with Crippen molar-refractivity contribution in [3.05, 3.63) is 45.9 Å². The summed E-state index contributed by atoms with van der Waals surface area (Å²) in [5, 5.41) is 6.95. The molecule has 0 aliphatic carbocycles.